The average molecular weight is 278 g/mol. The van der Waals surface area contributed by atoms with Gasteiger partial charge in [-0.2, -0.15) is 0 Å². The Morgan fingerprint density at radius 2 is 1.90 bits per heavy atom. The average Bonchev–Trinajstić information content (AvgIpc) is 2.91. The SMILES string of the molecule is C=Cn1ccnc1CCC(O)CCCCCCCCC. The van der Waals surface area contributed by atoms with Crippen molar-refractivity contribution in [2.24, 2.45) is 0 Å². The number of aromatic nitrogens is 2. The van der Waals surface area contributed by atoms with Crippen LogP contribution in [0.4, 0.5) is 0 Å². The van der Waals surface area contributed by atoms with Crippen LogP contribution in [0.15, 0.2) is 19.0 Å². The minimum atomic E-state index is -0.194. The number of hydrogen-bond acceptors (Lipinski definition) is 2. The van der Waals surface area contributed by atoms with E-state index in [4.69, 9.17) is 0 Å². The van der Waals surface area contributed by atoms with Gasteiger partial charge in [0.25, 0.3) is 0 Å². The molecule has 20 heavy (non-hydrogen) atoms. The van der Waals surface area contributed by atoms with Crippen molar-refractivity contribution in [3.8, 4) is 0 Å². The number of imidazole rings is 1. The van der Waals surface area contributed by atoms with Crippen molar-refractivity contribution >= 4 is 6.20 Å². The quantitative estimate of drug-likeness (QED) is 0.575. The highest BCUT2D eigenvalue weighted by Gasteiger charge is 2.07. The van der Waals surface area contributed by atoms with Gasteiger partial charge in [0, 0.05) is 25.0 Å². The van der Waals surface area contributed by atoms with E-state index in [-0.39, 0.29) is 6.10 Å². The zero-order valence-electron chi connectivity index (χ0n) is 12.9. The maximum Gasteiger partial charge on any atom is 0.112 e. The minimum absolute atomic E-state index is 0.194. The van der Waals surface area contributed by atoms with Crippen LogP contribution in [0.5, 0.6) is 0 Å². The van der Waals surface area contributed by atoms with Gasteiger partial charge < -0.3 is 9.67 Å². The molecule has 0 saturated carbocycles. The lowest BCUT2D eigenvalue weighted by Gasteiger charge is -2.10. The van der Waals surface area contributed by atoms with Crippen LogP contribution in [0.3, 0.4) is 0 Å². The summed E-state index contributed by atoms with van der Waals surface area (Å²) in [6.45, 7) is 5.99. The van der Waals surface area contributed by atoms with Gasteiger partial charge in [0.1, 0.15) is 5.82 Å². The lowest BCUT2D eigenvalue weighted by Crippen LogP contribution is -2.09. The summed E-state index contributed by atoms with van der Waals surface area (Å²) in [5.74, 6) is 0.985. The molecular weight excluding hydrogens is 248 g/mol. The summed E-state index contributed by atoms with van der Waals surface area (Å²) in [4.78, 5) is 4.28. The second-order valence-corrected chi connectivity index (χ2v) is 5.54. The fourth-order valence-electron chi connectivity index (χ4n) is 2.48. The standard InChI is InChI=1S/C17H30N2O/c1-3-5-6-7-8-9-10-11-16(20)12-13-17-18-14-15-19(17)4-2/h4,14-16,20H,2-3,5-13H2,1H3. The van der Waals surface area contributed by atoms with Gasteiger partial charge in [-0.3, -0.25) is 0 Å². The molecule has 1 atom stereocenters. The summed E-state index contributed by atoms with van der Waals surface area (Å²) in [7, 11) is 0. The zero-order chi connectivity index (χ0) is 14.6. The molecule has 0 aromatic carbocycles. The van der Waals surface area contributed by atoms with E-state index in [0.29, 0.717) is 0 Å². The molecule has 0 spiro atoms. The number of nitrogens with zero attached hydrogens (tertiary/aromatic N) is 2. The lowest BCUT2D eigenvalue weighted by atomic mass is 10.0. The topological polar surface area (TPSA) is 38.0 Å². The molecule has 0 aliphatic rings. The normalized spacial score (nSPS) is 12.5. The molecule has 1 aromatic rings. The van der Waals surface area contributed by atoms with E-state index in [1.165, 1.54) is 38.5 Å². The number of aliphatic hydroxyl groups excluding tert-OH is 1. The largest absolute Gasteiger partial charge is 0.393 e. The first-order valence-corrected chi connectivity index (χ1v) is 8.10. The number of unbranched alkanes of at least 4 members (excludes halogenated alkanes) is 6. The van der Waals surface area contributed by atoms with Gasteiger partial charge in [-0.1, -0.05) is 58.4 Å². The van der Waals surface area contributed by atoms with Gasteiger partial charge >= 0.3 is 0 Å². The van der Waals surface area contributed by atoms with Crippen LogP contribution < -0.4 is 0 Å². The molecule has 0 aliphatic heterocycles. The summed E-state index contributed by atoms with van der Waals surface area (Å²) < 4.78 is 1.92. The van der Waals surface area contributed by atoms with Crippen molar-refractivity contribution in [3.63, 3.8) is 0 Å². The first-order valence-electron chi connectivity index (χ1n) is 8.10. The predicted octanol–water partition coefficient (Wildman–Crippen LogP) is 4.42. The maximum absolute atomic E-state index is 9.99. The Morgan fingerprint density at radius 3 is 2.60 bits per heavy atom. The smallest absolute Gasteiger partial charge is 0.112 e. The van der Waals surface area contributed by atoms with Crippen molar-refractivity contribution in [2.45, 2.75) is 77.2 Å². The van der Waals surface area contributed by atoms with E-state index < -0.39 is 0 Å². The Morgan fingerprint density at radius 1 is 1.20 bits per heavy atom. The summed E-state index contributed by atoms with van der Waals surface area (Å²) >= 11 is 0. The summed E-state index contributed by atoms with van der Waals surface area (Å²) in [5.41, 5.74) is 0. The van der Waals surface area contributed by atoms with Crippen LogP contribution in [0.2, 0.25) is 0 Å². The van der Waals surface area contributed by atoms with Crippen LogP contribution in [-0.2, 0) is 6.42 Å². The fraction of sp³-hybridized carbons (Fsp3) is 0.706. The van der Waals surface area contributed by atoms with E-state index in [1.54, 1.807) is 12.4 Å². The van der Waals surface area contributed by atoms with Crippen LogP contribution in [-0.4, -0.2) is 20.8 Å². The van der Waals surface area contributed by atoms with Crippen molar-refractivity contribution in [2.75, 3.05) is 0 Å². The molecule has 1 rings (SSSR count). The fourth-order valence-corrected chi connectivity index (χ4v) is 2.48. The third-order valence-electron chi connectivity index (χ3n) is 3.79. The van der Waals surface area contributed by atoms with E-state index >= 15 is 0 Å². The number of rotatable bonds is 12. The second kappa shape index (κ2) is 10.7. The van der Waals surface area contributed by atoms with Crippen molar-refractivity contribution in [1.29, 1.82) is 0 Å². The molecule has 0 bridgehead atoms. The van der Waals surface area contributed by atoms with Crippen LogP contribution in [0, 0.1) is 0 Å². The zero-order valence-corrected chi connectivity index (χ0v) is 12.9. The molecule has 0 aliphatic carbocycles. The Kier molecular flexibility index (Phi) is 9.05. The first kappa shape index (κ1) is 17.0. The Balaban J connectivity index is 2.03. The maximum atomic E-state index is 9.99. The molecule has 0 fully saturated rings. The Bertz CT molecular complexity index is 360. The van der Waals surface area contributed by atoms with Gasteiger partial charge in [0.05, 0.1) is 6.10 Å². The monoisotopic (exact) mass is 278 g/mol. The van der Waals surface area contributed by atoms with Crippen molar-refractivity contribution < 1.29 is 5.11 Å². The molecule has 1 unspecified atom stereocenters. The lowest BCUT2D eigenvalue weighted by molar-refractivity contribution is 0.150. The molecule has 0 amide bonds. The van der Waals surface area contributed by atoms with Gasteiger partial charge in [0.15, 0.2) is 0 Å². The van der Waals surface area contributed by atoms with Crippen molar-refractivity contribution in [3.05, 3.63) is 24.8 Å². The van der Waals surface area contributed by atoms with Gasteiger partial charge in [-0.15, -0.1) is 0 Å². The highest BCUT2D eigenvalue weighted by atomic mass is 16.3. The number of aliphatic hydroxyl groups is 1. The first-order chi connectivity index (χ1) is 9.77. The van der Waals surface area contributed by atoms with E-state index in [9.17, 15) is 5.11 Å². The molecule has 1 N–H and O–H groups in total. The third kappa shape index (κ3) is 6.90. The summed E-state index contributed by atoms with van der Waals surface area (Å²) in [5, 5.41) is 9.99. The second-order valence-electron chi connectivity index (χ2n) is 5.54. The Labute approximate surface area is 123 Å². The molecule has 3 heteroatoms. The van der Waals surface area contributed by atoms with Gasteiger partial charge in [0.2, 0.25) is 0 Å². The molecule has 114 valence electrons. The molecule has 1 heterocycles. The van der Waals surface area contributed by atoms with E-state index in [1.807, 2.05) is 10.8 Å². The minimum Gasteiger partial charge on any atom is -0.393 e. The van der Waals surface area contributed by atoms with Crippen molar-refractivity contribution in [1.82, 2.24) is 9.55 Å². The van der Waals surface area contributed by atoms with Crippen LogP contribution in [0.1, 0.15) is 70.5 Å². The molecule has 0 saturated heterocycles. The molecule has 3 nitrogen and oxygen atoms in total. The van der Waals surface area contributed by atoms with E-state index in [0.717, 1.165) is 31.5 Å². The van der Waals surface area contributed by atoms with Gasteiger partial charge in [-0.05, 0) is 12.8 Å². The highest BCUT2D eigenvalue weighted by Crippen LogP contribution is 2.12. The molecular formula is C17H30N2O. The van der Waals surface area contributed by atoms with Crippen LogP contribution >= 0.6 is 0 Å². The number of hydrogen-bond donors (Lipinski definition) is 1. The number of aryl methyl sites for hydroxylation is 1. The van der Waals surface area contributed by atoms with E-state index in [2.05, 4.69) is 18.5 Å². The summed E-state index contributed by atoms with van der Waals surface area (Å²) in [6.07, 6.45) is 16.8. The molecule has 1 aromatic heterocycles. The highest BCUT2D eigenvalue weighted by molar-refractivity contribution is 5.19. The van der Waals surface area contributed by atoms with Crippen LogP contribution in [0.25, 0.3) is 6.20 Å². The third-order valence-corrected chi connectivity index (χ3v) is 3.79. The molecule has 0 radical (unpaired) electrons. The Hall–Kier alpha value is -1.09. The van der Waals surface area contributed by atoms with Gasteiger partial charge in [-0.25, -0.2) is 4.98 Å². The summed E-state index contributed by atoms with van der Waals surface area (Å²) in [6, 6.07) is 0. The predicted molar refractivity (Wildman–Crippen MR) is 85.6 cm³/mol.